The quantitative estimate of drug-likeness (QED) is 0.641. The second-order valence-corrected chi connectivity index (χ2v) is 11.6. The van der Waals surface area contributed by atoms with Gasteiger partial charge in [0, 0.05) is 23.8 Å². The topological polar surface area (TPSA) is 83.5 Å². The van der Waals surface area contributed by atoms with Gasteiger partial charge in [0.15, 0.2) is 5.78 Å². The molecule has 0 radical (unpaired) electrons. The van der Waals surface area contributed by atoms with Crippen LogP contribution in [0.4, 0.5) is 4.39 Å². The van der Waals surface area contributed by atoms with Crippen LogP contribution in [0.25, 0.3) is 0 Å². The summed E-state index contributed by atoms with van der Waals surface area (Å²) >= 11 is 0. The van der Waals surface area contributed by atoms with Gasteiger partial charge >= 0.3 is 0 Å². The van der Waals surface area contributed by atoms with Gasteiger partial charge in [-0.1, -0.05) is 57.2 Å². The third-order valence-electron chi connectivity index (χ3n) is 9.62. The van der Waals surface area contributed by atoms with Crippen LogP contribution in [0.5, 0.6) is 0 Å². The Balaban J connectivity index is 1.41. The van der Waals surface area contributed by atoms with Gasteiger partial charge < -0.3 is 10.4 Å². The Morgan fingerprint density at radius 1 is 1.17 bits per heavy atom. The largest absolute Gasteiger partial charge is 0.393 e. The van der Waals surface area contributed by atoms with E-state index in [1.54, 1.807) is 6.08 Å². The molecule has 0 aliphatic heterocycles. The van der Waals surface area contributed by atoms with Gasteiger partial charge in [-0.25, -0.2) is 4.39 Å². The number of alkyl halides is 1. The molecule has 35 heavy (non-hydrogen) atoms. The molecule has 5 rings (SSSR count). The van der Waals surface area contributed by atoms with E-state index in [4.69, 9.17) is 0 Å². The molecular formula is C29H34FNO4. The molecule has 0 spiro atoms. The Morgan fingerprint density at radius 2 is 1.89 bits per heavy atom. The van der Waals surface area contributed by atoms with Crippen molar-refractivity contribution < 1.29 is 23.9 Å². The van der Waals surface area contributed by atoms with Gasteiger partial charge in [-0.15, -0.1) is 0 Å². The van der Waals surface area contributed by atoms with Crippen molar-refractivity contribution in [2.75, 3.05) is 0 Å². The molecule has 1 aromatic carbocycles. The summed E-state index contributed by atoms with van der Waals surface area (Å²) in [5, 5.41) is 14.2. The Labute approximate surface area is 205 Å². The third-order valence-corrected chi connectivity index (χ3v) is 9.62. The van der Waals surface area contributed by atoms with Gasteiger partial charge in [0.2, 0.25) is 5.78 Å². The van der Waals surface area contributed by atoms with E-state index in [2.05, 4.69) is 5.32 Å². The third kappa shape index (κ3) is 3.72. The second kappa shape index (κ2) is 8.51. The highest BCUT2D eigenvalue weighted by atomic mass is 19.1. The van der Waals surface area contributed by atoms with E-state index in [-0.39, 0.29) is 42.4 Å². The molecule has 1 amide bonds. The van der Waals surface area contributed by atoms with Crippen LogP contribution in [0.1, 0.15) is 45.6 Å². The molecule has 0 aromatic heterocycles. The predicted octanol–water partition coefficient (Wildman–Crippen LogP) is 3.96. The molecule has 0 unspecified atom stereocenters. The fraction of sp³-hybridized carbons (Fsp3) is 0.552. The maximum absolute atomic E-state index is 15.5. The maximum atomic E-state index is 15.5. The molecule has 0 heterocycles. The van der Waals surface area contributed by atoms with Crippen molar-refractivity contribution in [2.24, 2.45) is 40.4 Å². The first kappa shape index (κ1) is 24.1. The van der Waals surface area contributed by atoms with E-state index in [1.165, 1.54) is 12.2 Å². The number of amides is 1. The lowest BCUT2D eigenvalue weighted by molar-refractivity contribution is -0.151. The molecule has 6 heteroatoms. The van der Waals surface area contributed by atoms with E-state index < -0.39 is 40.7 Å². The lowest BCUT2D eigenvalue weighted by Crippen LogP contribution is -2.58. The lowest BCUT2D eigenvalue weighted by Gasteiger charge is -2.59. The number of aliphatic hydroxyl groups is 1. The van der Waals surface area contributed by atoms with Crippen molar-refractivity contribution in [1.29, 1.82) is 0 Å². The van der Waals surface area contributed by atoms with Gasteiger partial charge in [0.1, 0.15) is 6.17 Å². The Kier molecular flexibility index (Phi) is 5.86. The lowest BCUT2D eigenvalue weighted by atomic mass is 9.46. The van der Waals surface area contributed by atoms with Crippen molar-refractivity contribution in [3.63, 3.8) is 0 Å². The summed E-state index contributed by atoms with van der Waals surface area (Å²) in [6.45, 7) is 6.21. The predicted molar refractivity (Wildman–Crippen MR) is 130 cm³/mol. The number of hydrogen-bond acceptors (Lipinski definition) is 4. The SMILES string of the molecule is C[C@@H]1C[C@H]2[C@@H]3C[C@H](F)C4=CC(=O)C=C[C@]4(C)[C@H]3[C@@H](O)C[C@]2(C)[C@H]1C(=O)C(=O)NCc1ccccc1. The average molecular weight is 480 g/mol. The Hall–Kier alpha value is -2.60. The van der Waals surface area contributed by atoms with E-state index in [1.807, 2.05) is 51.1 Å². The van der Waals surface area contributed by atoms with Gasteiger partial charge in [-0.05, 0) is 65.7 Å². The number of allylic oxidation sites excluding steroid dienone is 4. The smallest absolute Gasteiger partial charge is 0.287 e. The highest BCUT2D eigenvalue weighted by Gasteiger charge is 2.66. The molecular weight excluding hydrogens is 445 g/mol. The first-order valence-corrected chi connectivity index (χ1v) is 12.7. The van der Waals surface area contributed by atoms with Crippen molar-refractivity contribution in [1.82, 2.24) is 5.32 Å². The molecule has 4 aliphatic carbocycles. The van der Waals surface area contributed by atoms with Crippen molar-refractivity contribution in [3.05, 3.63) is 59.7 Å². The first-order valence-electron chi connectivity index (χ1n) is 12.7. The monoisotopic (exact) mass is 479 g/mol. The number of carbonyl (C=O) groups excluding carboxylic acids is 3. The average Bonchev–Trinajstić information content (AvgIpc) is 3.08. The number of hydrogen-bond donors (Lipinski definition) is 2. The molecule has 3 saturated carbocycles. The highest BCUT2D eigenvalue weighted by molar-refractivity contribution is 6.37. The maximum Gasteiger partial charge on any atom is 0.287 e. The number of nitrogens with one attached hydrogen (secondary N) is 1. The number of benzene rings is 1. The zero-order chi connectivity index (χ0) is 25.1. The van der Waals surface area contributed by atoms with E-state index >= 15 is 4.39 Å². The Bertz CT molecular complexity index is 1110. The van der Waals surface area contributed by atoms with Crippen LogP contribution in [0.2, 0.25) is 0 Å². The van der Waals surface area contributed by atoms with Crippen LogP contribution in [0.15, 0.2) is 54.1 Å². The van der Waals surface area contributed by atoms with Crippen molar-refractivity contribution >= 4 is 17.5 Å². The molecule has 2 N–H and O–H groups in total. The number of Topliss-reactive ketones (excluding diaryl/α,β-unsaturated/α-hetero) is 1. The van der Waals surface area contributed by atoms with Gasteiger partial charge in [-0.2, -0.15) is 0 Å². The van der Waals surface area contributed by atoms with Crippen molar-refractivity contribution in [3.8, 4) is 0 Å². The van der Waals surface area contributed by atoms with Crippen molar-refractivity contribution in [2.45, 2.75) is 58.9 Å². The summed E-state index contributed by atoms with van der Waals surface area (Å²) in [5.41, 5.74) is 0.0653. The van der Waals surface area contributed by atoms with Gasteiger partial charge in [-0.3, -0.25) is 14.4 Å². The van der Waals surface area contributed by atoms with E-state index in [0.29, 0.717) is 12.0 Å². The summed E-state index contributed by atoms with van der Waals surface area (Å²) in [5.74, 6) is -2.15. The second-order valence-electron chi connectivity index (χ2n) is 11.6. The Morgan fingerprint density at radius 3 is 2.60 bits per heavy atom. The van der Waals surface area contributed by atoms with Crippen LogP contribution < -0.4 is 5.32 Å². The molecule has 4 aliphatic rings. The minimum Gasteiger partial charge on any atom is -0.393 e. The van der Waals surface area contributed by atoms with Gasteiger partial charge in [0.05, 0.1) is 6.10 Å². The minimum atomic E-state index is -1.26. The van der Waals surface area contributed by atoms with E-state index in [0.717, 1.165) is 12.0 Å². The summed E-state index contributed by atoms with van der Waals surface area (Å²) in [7, 11) is 0. The zero-order valence-corrected chi connectivity index (χ0v) is 20.5. The van der Waals surface area contributed by atoms with Crippen LogP contribution >= 0.6 is 0 Å². The normalized spacial score (nSPS) is 41.9. The standard InChI is InChI=1S/C29H34FNO4/c1-16-11-20-19-13-22(30)21-12-18(32)9-10-28(21,2)25(19)23(33)14-29(20,3)24(16)26(34)27(35)31-15-17-7-5-4-6-8-17/h4-10,12,16,19-20,22-25,33H,11,13-15H2,1-3H3,(H,31,35)/t16-,19+,20+,22+,23+,24-,25-,28+,29+/m1/s1. The van der Waals surface area contributed by atoms with Crippen LogP contribution in [-0.2, 0) is 20.9 Å². The number of halogens is 1. The molecule has 1 aromatic rings. The van der Waals surface area contributed by atoms with Crippen LogP contribution in [-0.4, -0.2) is 34.9 Å². The van der Waals surface area contributed by atoms with Gasteiger partial charge in [0.25, 0.3) is 5.91 Å². The highest BCUT2D eigenvalue weighted by Crippen LogP contribution is 2.67. The van der Waals surface area contributed by atoms with Crippen LogP contribution in [0.3, 0.4) is 0 Å². The van der Waals surface area contributed by atoms with Crippen LogP contribution in [0, 0.1) is 40.4 Å². The molecule has 3 fully saturated rings. The molecule has 9 atom stereocenters. The summed E-state index contributed by atoms with van der Waals surface area (Å²) in [4.78, 5) is 38.4. The molecule has 0 saturated heterocycles. The zero-order valence-electron chi connectivity index (χ0n) is 20.5. The minimum absolute atomic E-state index is 0.0180. The summed E-state index contributed by atoms with van der Waals surface area (Å²) in [6.07, 6.45) is 3.99. The summed E-state index contributed by atoms with van der Waals surface area (Å²) in [6, 6.07) is 9.45. The number of carbonyl (C=O) groups is 3. The number of ketones is 2. The number of fused-ring (bicyclic) bond motifs is 5. The first-order chi connectivity index (χ1) is 16.6. The number of rotatable bonds is 4. The fourth-order valence-electron chi connectivity index (χ4n) is 8.27. The molecule has 186 valence electrons. The fourth-order valence-corrected chi connectivity index (χ4v) is 8.27. The molecule has 5 nitrogen and oxygen atoms in total. The summed E-state index contributed by atoms with van der Waals surface area (Å²) < 4.78 is 15.5. The molecule has 0 bridgehead atoms. The van der Waals surface area contributed by atoms with E-state index in [9.17, 15) is 19.5 Å². The number of aliphatic hydroxyl groups excluding tert-OH is 1.